The van der Waals surface area contributed by atoms with Gasteiger partial charge in [-0.25, -0.2) is 8.42 Å². The van der Waals surface area contributed by atoms with E-state index in [-0.39, 0.29) is 111 Å². The van der Waals surface area contributed by atoms with Gasteiger partial charge in [-0.05, 0) is 82.9 Å². The molecule has 0 unspecified atom stereocenters. The summed E-state index contributed by atoms with van der Waals surface area (Å²) in [4.78, 5) is 33.0. The van der Waals surface area contributed by atoms with Gasteiger partial charge in [-0.3, -0.25) is 24.9 Å². The summed E-state index contributed by atoms with van der Waals surface area (Å²) in [5.74, 6) is -3.58. The quantitative estimate of drug-likeness (QED) is 0.0284. The third-order valence-electron chi connectivity index (χ3n) is 8.01. The SMILES string of the molecule is Nc1c(N=Nc2ccc([N+](=O)[O-])cc2)c(S(=O)(=O)O)cc2c1C(=O)C(=NNc1ccc(-c3ccc(N=Nc4ccc([O-])c(C(=O)[O-])c4)cc3)cc1)C(S(=O)(=O)[O-])=C2.[Na+].[Na+].[Na+]. The Labute approximate surface area is 405 Å². The largest absolute Gasteiger partial charge is 1.00 e. The Balaban J connectivity index is 0.00000320. The van der Waals surface area contributed by atoms with E-state index in [0.29, 0.717) is 29.0 Å². The number of benzene rings is 5. The van der Waals surface area contributed by atoms with Crippen molar-refractivity contribution >= 4 is 83.6 Å². The molecule has 0 aliphatic heterocycles. The number of carboxylic acid groups (broad SMARTS) is 1. The molecule has 0 fully saturated rings. The van der Waals surface area contributed by atoms with Crippen molar-refractivity contribution in [3.63, 3.8) is 0 Å². The summed E-state index contributed by atoms with van der Waals surface area (Å²) in [5, 5.41) is 53.1. The van der Waals surface area contributed by atoms with Crippen LogP contribution in [0.15, 0.2) is 132 Å². The minimum absolute atomic E-state index is 0. The number of hydrogen-bond donors (Lipinski definition) is 3. The zero-order valence-corrected chi connectivity index (χ0v) is 39.0. The second-order valence-corrected chi connectivity index (χ2v) is 14.4. The predicted octanol–water partition coefficient (Wildman–Crippen LogP) is -4.08. The number of nitrogens with zero attached hydrogens (tertiary/aromatic N) is 6. The maximum Gasteiger partial charge on any atom is 1.00 e. The molecule has 0 heterocycles. The van der Waals surface area contributed by atoms with Crippen molar-refractivity contribution < 1.29 is 139 Å². The molecule has 0 aromatic heterocycles. The van der Waals surface area contributed by atoms with E-state index >= 15 is 0 Å². The number of hydrazone groups is 1. The van der Waals surface area contributed by atoms with Crippen LogP contribution in [0.25, 0.3) is 17.2 Å². The number of Topliss-reactive ketones (excluding diaryl/α,β-unsaturated/α-hetero) is 1. The molecule has 0 spiro atoms. The Kier molecular flexibility index (Phi) is 16.9. The second kappa shape index (κ2) is 20.4. The number of nitro benzene ring substituents is 1. The van der Waals surface area contributed by atoms with E-state index in [1.165, 1.54) is 30.3 Å². The summed E-state index contributed by atoms with van der Waals surface area (Å²) in [5.41, 5.74) is 6.70. The number of nitrogen functional groups attached to an aromatic ring is 1. The van der Waals surface area contributed by atoms with Crippen LogP contribution in [0.2, 0.25) is 0 Å². The van der Waals surface area contributed by atoms with Gasteiger partial charge in [0, 0.05) is 12.1 Å². The molecule has 0 amide bonds. The summed E-state index contributed by atoms with van der Waals surface area (Å²) < 4.78 is 71.5. The Hall–Kier alpha value is -4.53. The van der Waals surface area contributed by atoms with Crippen molar-refractivity contribution in [2.75, 3.05) is 11.2 Å². The van der Waals surface area contributed by atoms with Crippen LogP contribution in [0.3, 0.4) is 0 Å². The predicted molar refractivity (Wildman–Crippen MR) is 197 cm³/mol. The van der Waals surface area contributed by atoms with Crippen LogP contribution in [-0.4, -0.2) is 48.3 Å². The number of fused-ring (bicyclic) bond motifs is 1. The molecule has 5 aromatic rings. The molecular weight excluding hydrogens is 858 g/mol. The smallest absolute Gasteiger partial charge is 0.872 e. The molecule has 4 N–H and O–H groups in total. The maximum absolute atomic E-state index is 13.8. The van der Waals surface area contributed by atoms with Crippen LogP contribution >= 0.6 is 0 Å². The molecule has 0 bridgehead atoms. The van der Waals surface area contributed by atoms with Gasteiger partial charge in [0.05, 0.1) is 49.8 Å². The Morgan fingerprint density at radius 1 is 0.767 bits per heavy atom. The average Bonchev–Trinajstić information content (AvgIpc) is 3.16. The van der Waals surface area contributed by atoms with Crippen molar-refractivity contribution in [1.82, 2.24) is 0 Å². The third-order valence-corrected chi connectivity index (χ3v) is 9.73. The maximum atomic E-state index is 13.8. The number of nitro groups is 1. The number of carbonyl (C=O) groups excluding carboxylic acids is 2. The number of carbonyl (C=O) groups is 2. The number of carboxylic acids is 1. The number of anilines is 2. The Bertz CT molecular complexity index is 2860. The molecule has 1 aliphatic carbocycles. The number of non-ortho nitro benzene ring substituents is 1. The number of azo groups is 2. The number of rotatable bonds is 11. The first-order chi connectivity index (χ1) is 26.9. The molecule has 288 valence electrons. The van der Waals surface area contributed by atoms with Gasteiger partial charge in [0.15, 0.2) is 0 Å². The number of ketones is 1. The monoisotopic (exact) mass is 878 g/mol. The molecule has 6 rings (SSSR count). The van der Waals surface area contributed by atoms with Crippen LogP contribution in [0.4, 0.5) is 39.8 Å². The van der Waals surface area contributed by atoms with Crippen LogP contribution in [-0.2, 0) is 20.2 Å². The summed E-state index contributed by atoms with van der Waals surface area (Å²) in [6, 6.07) is 21.6. The Morgan fingerprint density at radius 2 is 1.28 bits per heavy atom. The summed E-state index contributed by atoms with van der Waals surface area (Å²) in [6.45, 7) is 0. The number of aromatic carboxylic acids is 1. The first kappa shape index (κ1) is 49.8. The standard InChI is InChI=1S/C35H24N8O12S2.3Na/c36-31-30-20(15-28(56(50,51)52)32(31)41-38-23-9-12-25(13-10-23)43(48)49)16-29(57(53,54)55)33(34(30)45)42-39-22-7-3-19(4-8-22)18-1-5-21(6-2-18)37-40-24-11-14-27(44)26(17-24)35(46)47;;;/h1-17,39,44H,36H2,(H,46,47)(H,50,51,52)(H,53,54,55);;;/q;3*+1/p-3. The minimum atomic E-state index is -5.43. The minimum Gasteiger partial charge on any atom is -0.872 e. The fourth-order valence-corrected chi connectivity index (χ4v) is 6.59. The van der Waals surface area contributed by atoms with Crippen LogP contribution in [0.5, 0.6) is 5.75 Å². The normalized spacial score (nSPS) is 13.1. The topological polar surface area (TPSA) is 335 Å². The van der Waals surface area contributed by atoms with E-state index in [1.54, 1.807) is 36.4 Å². The summed E-state index contributed by atoms with van der Waals surface area (Å²) in [7, 11) is -10.6. The van der Waals surface area contributed by atoms with Gasteiger partial charge in [0.1, 0.15) is 26.4 Å². The van der Waals surface area contributed by atoms with Crippen molar-refractivity contribution in [2.45, 2.75) is 4.90 Å². The van der Waals surface area contributed by atoms with Gasteiger partial charge in [0.25, 0.3) is 15.8 Å². The van der Waals surface area contributed by atoms with Crippen molar-refractivity contribution in [3.8, 4) is 16.9 Å². The van der Waals surface area contributed by atoms with E-state index in [1.807, 2.05) is 0 Å². The van der Waals surface area contributed by atoms with Crippen molar-refractivity contribution in [3.05, 3.63) is 129 Å². The van der Waals surface area contributed by atoms with E-state index in [0.717, 1.165) is 24.3 Å². The van der Waals surface area contributed by atoms with Crippen LogP contribution < -0.4 is 110 Å². The van der Waals surface area contributed by atoms with E-state index in [9.17, 15) is 55.9 Å². The Morgan fingerprint density at radius 3 is 1.82 bits per heavy atom. The average molecular weight is 879 g/mol. The molecule has 0 radical (unpaired) electrons. The molecule has 0 saturated carbocycles. The van der Waals surface area contributed by atoms with Crippen LogP contribution in [0, 0.1) is 10.1 Å². The summed E-state index contributed by atoms with van der Waals surface area (Å²) in [6.07, 6.45) is 0.668. The van der Waals surface area contributed by atoms with Crippen molar-refractivity contribution in [2.24, 2.45) is 25.6 Å². The van der Waals surface area contributed by atoms with Gasteiger partial charge >= 0.3 is 88.7 Å². The molecule has 20 nitrogen and oxygen atoms in total. The third kappa shape index (κ3) is 11.4. The van der Waals surface area contributed by atoms with Crippen molar-refractivity contribution in [1.29, 1.82) is 0 Å². The number of hydrogen-bond acceptors (Lipinski definition) is 18. The van der Waals surface area contributed by atoms with Gasteiger partial charge in [0.2, 0.25) is 5.78 Å². The van der Waals surface area contributed by atoms with Gasteiger partial charge in [-0.15, -0.1) is 5.11 Å². The van der Waals surface area contributed by atoms with Gasteiger partial charge in [-0.2, -0.15) is 28.9 Å². The number of nitrogens with one attached hydrogen (secondary N) is 1. The van der Waals surface area contributed by atoms with E-state index in [2.05, 4.69) is 31.0 Å². The zero-order chi connectivity index (χ0) is 41.2. The molecule has 1 aliphatic rings. The molecule has 0 saturated heterocycles. The van der Waals surface area contributed by atoms with Crippen LogP contribution in [0.1, 0.15) is 26.3 Å². The molecule has 5 aromatic carbocycles. The molecule has 25 heteroatoms. The molecular formula is C35H21N8Na3O12S2. The number of nitrogens with two attached hydrogens (primary N) is 1. The number of allylic oxidation sites excluding steroid dienone is 1. The van der Waals surface area contributed by atoms with E-state index < -0.39 is 86.2 Å². The first-order valence-electron chi connectivity index (χ1n) is 15.7. The molecule has 60 heavy (non-hydrogen) atoms. The van der Waals surface area contributed by atoms with E-state index in [4.69, 9.17) is 5.73 Å². The second-order valence-electron chi connectivity index (χ2n) is 11.7. The molecule has 0 atom stereocenters. The fraction of sp³-hybridized carbons (Fsp3) is 0. The first-order valence-corrected chi connectivity index (χ1v) is 18.6. The van der Waals surface area contributed by atoms with Gasteiger partial charge in [-0.1, -0.05) is 36.1 Å². The zero-order valence-electron chi connectivity index (χ0n) is 31.3. The summed E-state index contributed by atoms with van der Waals surface area (Å²) >= 11 is 0. The fourth-order valence-electron chi connectivity index (χ4n) is 5.27. The van der Waals surface area contributed by atoms with Gasteiger partial charge < -0.3 is 25.3 Å².